The SMILES string of the molecule is CC(NCc1nc2cc(Cl)ccc2c(=O)[nH]1)c1ccccc1Br. The summed E-state index contributed by atoms with van der Waals surface area (Å²) in [4.78, 5) is 19.4. The van der Waals surface area contributed by atoms with Crippen molar-refractivity contribution in [3.63, 3.8) is 0 Å². The van der Waals surface area contributed by atoms with Gasteiger partial charge in [0.2, 0.25) is 0 Å². The Morgan fingerprint density at radius 1 is 1.30 bits per heavy atom. The highest BCUT2D eigenvalue weighted by Gasteiger charge is 2.10. The molecule has 1 unspecified atom stereocenters. The molecule has 0 aliphatic heterocycles. The Morgan fingerprint density at radius 3 is 2.87 bits per heavy atom. The lowest BCUT2D eigenvalue weighted by Gasteiger charge is -2.15. The van der Waals surface area contributed by atoms with E-state index in [-0.39, 0.29) is 11.6 Å². The number of benzene rings is 2. The minimum Gasteiger partial charge on any atom is -0.309 e. The topological polar surface area (TPSA) is 57.8 Å². The Hall–Kier alpha value is -1.69. The largest absolute Gasteiger partial charge is 0.309 e. The van der Waals surface area contributed by atoms with E-state index >= 15 is 0 Å². The van der Waals surface area contributed by atoms with Crippen molar-refractivity contribution >= 4 is 38.4 Å². The van der Waals surface area contributed by atoms with E-state index in [4.69, 9.17) is 11.6 Å². The lowest BCUT2D eigenvalue weighted by atomic mass is 10.1. The third-order valence-corrected chi connectivity index (χ3v) is 4.62. The second-order valence-corrected chi connectivity index (χ2v) is 6.59. The molecule has 23 heavy (non-hydrogen) atoms. The number of nitrogens with one attached hydrogen (secondary N) is 2. The third kappa shape index (κ3) is 3.63. The number of rotatable bonds is 4. The molecule has 1 atom stereocenters. The number of aromatic amines is 1. The number of hydrogen-bond donors (Lipinski definition) is 2. The molecule has 1 aromatic heterocycles. The summed E-state index contributed by atoms with van der Waals surface area (Å²) in [6.45, 7) is 2.52. The van der Waals surface area contributed by atoms with Crippen LogP contribution in [0.2, 0.25) is 5.02 Å². The molecule has 3 aromatic rings. The average molecular weight is 393 g/mol. The molecule has 118 valence electrons. The molecular weight excluding hydrogens is 378 g/mol. The Bertz CT molecular complexity index is 910. The van der Waals surface area contributed by atoms with Crippen LogP contribution in [0.25, 0.3) is 10.9 Å². The van der Waals surface area contributed by atoms with Crippen molar-refractivity contribution in [1.29, 1.82) is 0 Å². The Morgan fingerprint density at radius 2 is 2.09 bits per heavy atom. The smallest absolute Gasteiger partial charge is 0.258 e. The highest BCUT2D eigenvalue weighted by Crippen LogP contribution is 2.23. The van der Waals surface area contributed by atoms with Gasteiger partial charge in [0.25, 0.3) is 5.56 Å². The molecule has 0 bridgehead atoms. The fourth-order valence-electron chi connectivity index (χ4n) is 2.43. The number of aromatic nitrogens is 2. The van der Waals surface area contributed by atoms with Gasteiger partial charge in [-0.25, -0.2) is 4.98 Å². The van der Waals surface area contributed by atoms with E-state index in [1.807, 2.05) is 18.2 Å². The molecule has 0 aliphatic rings. The fraction of sp³-hybridized carbons (Fsp3) is 0.176. The molecule has 0 radical (unpaired) electrons. The summed E-state index contributed by atoms with van der Waals surface area (Å²) in [6.07, 6.45) is 0. The number of hydrogen-bond acceptors (Lipinski definition) is 3. The summed E-state index contributed by atoms with van der Waals surface area (Å²) in [5.74, 6) is 0.587. The summed E-state index contributed by atoms with van der Waals surface area (Å²) in [5, 5.41) is 4.47. The number of nitrogens with zero attached hydrogens (tertiary/aromatic N) is 1. The Balaban J connectivity index is 1.82. The van der Waals surface area contributed by atoms with Gasteiger partial charge in [0, 0.05) is 15.5 Å². The quantitative estimate of drug-likeness (QED) is 0.700. The molecule has 0 saturated heterocycles. The highest BCUT2D eigenvalue weighted by molar-refractivity contribution is 9.10. The molecule has 4 nitrogen and oxygen atoms in total. The molecule has 2 aromatic carbocycles. The van der Waals surface area contributed by atoms with Crippen molar-refractivity contribution in [2.24, 2.45) is 0 Å². The van der Waals surface area contributed by atoms with Crippen LogP contribution in [0, 0.1) is 0 Å². The molecule has 6 heteroatoms. The Kier molecular flexibility index (Phi) is 4.80. The predicted octanol–water partition coefficient (Wildman–Crippen LogP) is 4.19. The van der Waals surface area contributed by atoms with Gasteiger partial charge in [0.1, 0.15) is 5.82 Å². The van der Waals surface area contributed by atoms with Crippen molar-refractivity contribution in [2.75, 3.05) is 0 Å². The molecule has 0 aliphatic carbocycles. The van der Waals surface area contributed by atoms with Crippen LogP contribution in [0.3, 0.4) is 0 Å². The maximum absolute atomic E-state index is 12.1. The van der Waals surface area contributed by atoms with Crippen LogP contribution in [0.4, 0.5) is 0 Å². The molecule has 3 rings (SSSR count). The lowest BCUT2D eigenvalue weighted by Crippen LogP contribution is -2.22. The molecule has 2 N–H and O–H groups in total. The maximum Gasteiger partial charge on any atom is 0.258 e. The van der Waals surface area contributed by atoms with Crippen molar-refractivity contribution in [1.82, 2.24) is 15.3 Å². The van der Waals surface area contributed by atoms with Gasteiger partial charge in [0.15, 0.2) is 0 Å². The highest BCUT2D eigenvalue weighted by atomic mass is 79.9. The van der Waals surface area contributed by atoms with Gasteiger partial charge < -0.3 is 10.3 Å². The normalized spacial score (nSPS) is 12.5. The van der Waals surface area contributed by atoms with E-state index in [1.165, 1.54) is 0 Å². The van der Waals surface area contributed by atoms with Crippen molar-refractivity contribution in [3.8, 4) is 0 Å². The number of halogens is 2. The lowest BCUT2D eigenvalue weighted by molar-refractivity contribution is 0.558. The van der Waals surface area contributed by atoms with Crippen LogP contribution >= 0.6 is 27.5 Å². The van der Waals surface area contributed by atoms with Gasteiger partial charge in [-0.1, -0.05) is 45.7 Å². The van der Waals surface area contributed by atoms with Gasteiger partial charge in [-0.05, 0) is 36.8 Å². The first-order valence-electron chi connectivity index (χ1n) is 7.21. The van der Waals surface area contributed by atoms with Gasteiger partial charge in [-0.15, -0.1) is 0 Å². The minimum absolute atomic E-state index is 0.117. The molecule has 1 heterocycles. The van der Waals surface area contributed by atoms with Crippen molar-refractivity contribution in [3.05, 3.63) is 73.7 Å². The molecule has 0 spiro atoms. The zero-order chi connectivity index (χ0) is 16.4. The fourth-order valence-corrected chi connectivity index (χ4v) is 3.23. The summed E-state index contributed by atoms with van der Waals surface area (Å²) >= 11 is 9.52. The standard InChI is InChI=1S/C17H15BrClN3O/c1-10(12-4-2-3-5-14(12)18)20-9-16-21-15-8-11(19)6-7-13(15)17(23)22-16/h2-8,10,20H,9H2,1H3,(H,21,22,23). The first kappa shape index (κ1) is 16.2. The molecule has 0 amide bonds. The number of fused-ring (bicyclic) bond motifs is 1. The number of H-pyrrole nitrogens is 1. The molecule has 0 saturated carbocycles. The Labute approximate surface area is 147 Å². The van der Waals surface area contributed by atoms with E-state index < -0.39 is 0 Å². The van der Waals surface area contributed by atoms with Crippen molar-refractivity contribution in [2.45, 2.75) is 19.5 Å². The maximum atomic E-state index is 12.1. The molecule has 0 fully saturated rings. The monoisotopic (exact) mass is 391 g/mol. The van der Waals surface area contributed by atoms with Gasteiger partial charge >= 0.3 is 0 Å². The van der Waals surface area contributed by atoms with E-state index in [0.29, 0.717) is 28.3 Å². The predicted molar refractivity (Wildman–Crippen MR) is 96.8 cm³/mol. The second kappa shape index (κ2) is 6.83. The minimum atomic E-state index is -0.156. The van der Waals surface area contributed by atoms with Crippen LogP contribution in [0.5, 0.6) is 0 Å². The van der Waals surface area contributed by atoms with Crippen LogP contribution in [-0.2, 0) is 6.54 Å². The second-order valence-electron chi connectivity index (χ2n) is 5.30. The van der Waals surface area contributed by atoms with Crippen molar-refractivity contribution < 1.29 is 0 Å². The summed E-state index contributed by atoms with van der Waals surface area (Å²) in [7, 11) is 0. The zero-order valence-corrected chi connectivity index (χ0v) is 14.8. The van der Waals surface area contributed by atoms with Gasteiger partial charge in [-0.3, -0.25) is 4.79 Å². The molecular formula is C17H15BrClN3O. The van der Waals surface area contributed by atoms with Crippen LogP contribution in [0.1, 0.15) is 24.4 Å². The first-order chi connectivity index (χ1) is 11.0. The van der Waals surface area contributed by atoms with Crippen LogP contribution in [-0.4, -0.2) is 9.97 Å². The van der Waals surface area contributed by atoms with Gasteiger partial charge in [-0.2, -0.15) is 0 Å². The zero-order valence-electron chi connectivity index (χ0n) is 12.4. The van der Waals surface area contributed by atoms with Crippen LogP contribution in [0.15, 0.2) is 51.7 Å². The first-order valence-corrected chi connectivity index (χ1v) is 8.38. The van der Waals surface area contributed by atoms with Crippen LogP contribution < -0.4 is 10.9 Å². The van der Waals surface area contributed by atoms with Gasteiger partial charge in [0.05, 0.1) is 17.4 Å². The summed E-state index contributed by atoms with van der Waals surface area (Å²) in [6, 6.07) is 13.2. The average Bonchev–Trinajstić information content (AvgIpc) is 2.52. The van der Waals surface area contributed by atoms with E-state index in [2.05, 4.69) is 44.2 Å². The van der Waals surface area contributed by atoms with E-state index in [1.54, 1.807) is 18.2 Å². The summed E-state index contributed by atoms with van der Waals surface area (Å²) in [5.41, 5.74) is 1.60. The van der Waals surface area contributed by atoms with E-state index in [9.17, 15) is 4.79 Å². The summed E-state index contributed by atoms with van der Waals surface area (Å²) < 4.78 is 1.05. The third-order valence-electron chi connectivity index (χ3n) is 3.67. The van der Waals surface area contributed by atoms with E-state index in [0.717, 1.165) is 10.0 Å².